The number of fused-ring (bicyclic) bond motifs is 1. The number of rotatable bonds is 3. The Balaban J connectivity index is -0.000000430. The second kappa shape index (κ2) is 29.5. The number of carbonyl (C=O) groups is 1. The number of benzene rings is 3. The third-order valence-corrected chi connectivity index (χ3v) is 4.99. The van der Waals surface area contributed by atoms with Gasteiger partial charge < -0.3 is 4.57 Å². The summed E-state index contributed by atoms with van der Waals surface area (Å²) in [6.45, 7) is 29.8. The molecule has 41 heavy (non-hydrogen) atoms. The first-order chi connectivity index (χ1) is 20.1. The maximum absolute atomic E-state index is 12.9. The van der Waals surface area contributed by atoms with E-state index in [1.807, 2.05) is 177 Å². The fourth-order valence-electron chi connectivity index (χ4n) is 3.57. The summed E-state index contributed by atoms with van der Waals surface area (Å²) in [6, 6.07) is 24.6. The minimum absolute atomic E-state index is 0.0245. The molecule has 230 valence electrons. The highest BCUT2D eigenvalue weighted by molar-refractivity contribution is 6.11. The lowest BCUT2D eigenvalue weighted by molar-refractivity contribution is 0.103. The zero-order chi connectivity index (χ0) is 33.0. The maximum atomic E-state index is 12.9. The van der Waals surface area contributed by atoms with E-state index in [1.165, 1.54) is 0 Å². The second-order valence-corrected chi connectivity index (χ2v) is 6.66. The largest absolute Gasteiger partial charge is 0.311 e. The van der Waals surface area contributed by atoms with Crippen LogP contribution >= 0.6 is 0 Å². The van der Waals surface area contributed by atoms with Crippen molar-refractivity contribution in [2.45, 2.75) is 104 Å². The van der Waals surface area contributed by atoms with Crippen LogP contribution in [-0.4, -0.2) is 10.4 Å². The summed E-state index contributed by atoms with van der Waals surface area (Å²) in [4.78, 5) is 25.6. The number of aromatic nitrogens is 1. The van der Waals surface area contributed by atoms with E-state index < -0.39 is 0 Å². The van der Waals surface area contributed by atoms with Gasteiger partial charge in [-0.1, -0.05) is 158 Å². The molecule has 3 nitrogen and oxygen atoms in total. The van der Waals surface area contributed by atoms with Crippen LogP contribution in [0, 0.1) is 6.92 Å². The Labute approximate surface area is 253 Å². The van der Waals surface area contributed by atoms with Crippen LogP contribution < -0.4 is 5.56 Å². The van der Waals surface area contributed by atoms with Gasteiger partial charge in [0.25, 0.3) is 5.56 Å². The van der Waals surface area contributed by atoms with E-state index >= 15 is 0 Å². The van der Waals surface area contributed by atoms with Crippen molar-refractivity contribution in [3.63, 3.8) is 0 Å². The molecule has 4 aromatic rings. The van der Waals surface area contributed by atoms with Gasteiger partial charge in [-0.05, 0) is 36.2 Å². The van der Waals surface area contributed by atoms with Gasteiger partial charge in [0.1, 0.15) is 0 Å². The van der Waals surface area contributed by atoms with Crippen LogP contribution in [0.2, 0.25) is 0 Å². The molecule has 0 fully saturated rings. The number of nitrogens with zero attached hydrogens (tertiary/aromatic N) is 1. The molecule has 0 N–H and O–H groups in total. The van der Waals surface area contributed by atoms with Gasteiger partial charge in [0.05, 0.1) is 5.52 Å². The SMILES string of the molecule is CC.CC.CC.CC.CC.CC.CC.Cc1c(-c2ccccc2)c2cc(C(=O)c3ccccc3)ccc2n(C)c1=O. The van der Waals surface area contributed by atoms with Crippen LogP contribution in [0.15, 0.2) is 83.7 Å². The van der Waals surface area contributed by atoms with Gasteiger partial charge in [0.2, 0.25) is 0 Å². The molecule has 0 bridgehead atoms. The number of ketones is 1. The lowest BCUT2D eigenvalue weighted by Gasteiger charge is -2.15. The summed E-state index contributed by atoms with van der Waals surface area (Å²) in [7, 11) is 1.77. The van der Waals surface area contributed by atoms with E-state index in [9.17, 15) is 9.59 Å². The topological polar surface area (TPSA) is 39.1 Å². The molecular weight excluding hydrogens is 502 g/mol. The Hall–Kier alpha value is -3.46. The Kier molecular flexibility index (Phi) is 32.1. The van der Waals surface area contributed by atoms with Gasteiger partial charge in [-0.15, -0.1) is 0 Å². The summed E-state index contributed by atoms with van der Waals surface area (Å²) >= 11 is 0. The van der Waals surface area contributed by atoms with Crippen molar-refractivity contribution in [3.05, 3.63) is 106 Å². The molecule has 0 amide bonds. The fourth-order valence-corrected chi connectivity index (χ4v) is 3.57. The molecule has 0 atom stereocenters. The number of hydrogen-bond donors (Lipinski definition) is 0. The Morgan fingerprint density at radius 2 is 0.976 bits per heavy atom. The summed E-state index contributed by atoms with van der Waals surface area (Å²) < 4.78 is 1.65. The molecule has 0 radical (unpaired) electrons. The van der Waals surface area contributed by atoms with Crippen LogP contribution in [-0.2, 0) is 7.05 Å². The predicted molar refractivity (Wildman–Crippen MR) is 189 cm³/mol. The maximum Gasteiger partial charge on any atom is 0.254 e. The molecule has 3 aromatic carbocycles. The molecule has 0 spiro atoms. The van der Waals surface area contributed by atoms with E-state index in [2.05, 4.69) is 0 Å². The van der Waals surface area contributed by atoms with Gasteiger partial charge >= 0.3 is 0 Å². The smallest absolute Gasteiger partial charge is 0.254 e. The Morgan fingerprint density at radius 1 is 0.561 bits per heavy atom. The molecule has 4 rings (SSSR count). The summed E-state index contributed by atoms with van der Waals surface area (Å²) in [5.74, 6) is -0.0250. The minimum Gasteiger partial charge on any atom is -0.311 e. The molecule has 0 aliphatic heterocycles. The zero-order valence-corrected chi connectivity index (χ0v) is 29.3. The van der Waals surface area contributed by atoms with Crippen molar-refractivity contribution in [1.29, 1.82) is 0 Å². The standard InChI is InChI=1S/C24H19NO2.7C2H6/c1-16-22(17-9-5-3-6-10-17)20-15-19(13-14-21(20)25(2)24(16)27)23(26)18-11-7-4-8-12-18;7*1-2/h3-15H,1-2H3;7*1-2H3. The van der Waals surface area contributed by atoms with Crippen molar-refractivity contribution >= 4 is 16.7 Å². The van der Waals surface area contributed by atoms with Gasteiger partial charge in [0.15, 0.2) is 5.78 Å². The van der Waals surface area contributed by atoms with E-state index in [4.69, 9.17) is 0 Å². The number of carbonyl (C=O) groups excluding carboxylic acids is 1. The van der Waals surface area contributed by atoms with Crippen molar-refractivity contribution in [2.24, 2.45) is 7.05 Å². The number of aryl methyl sites for hydroxylation is 1. The van der Waals surface area contributed by atoms with E-state index in [1.54, 1.807) is 17.7 Å². The Morgan fingerprint density at radius 3 is 1.41 bits per heavy atom. The average Bonchev–Trinajstić information content (AvgIpc) is 3.10. The molecule has 1 heterocycles. The first kappa shape index (κ1) is 44.6. The van der Waals surface area contributed by atoms with E-state index in [0.717, 1.165) is 22.0 Å². The normalized spacial score (nSPS) is 8.20. The molecule has 0 aliphatic carbocycles. The highest BCUT2D eigenvalue weighted by Gasteiger charge is 2.16. The minimum atomic E-state index is -0.0250. The summed E-state index contributed by atoms with van der Waals surface area (Å²) in [5.41, 5.74) is 4.60. The van der Waals surface area contributed by atoms with Gasteiger partial charge in [-0.2, -0.15) is 0 Å². The number of hydrogen-bond acceptors (Lipinski definition) is 2. The van der Waals surface area contributed by atoms with Crippen molar-refractivity contribution in [2.75, 3.05) is 0 Å². The van der Waals surface area contributed by atoms with Crippen LogP contribution in [0.1, 0.15) is 118 Å². The van der Waals surface area contributed by atoms with Gasteiger partial charge in [-0.3, -0.25) is 9.59 Å². The highest BCUT2D eigenvalue weighted by atomic mass is 16.1. The van der Waals surface area contributed by atoms with E-state index in [-0.39, 0.29) is 11.3 Å². The summed E-state index contributed by atoms with van der Waals surface area (Å²) in [5, 5.41) is 0.905. The fraction of sp³-hybridized carbons (Fsp3) is 0.421. The molecule has 0 saturated heterocycles. The molecule has 0 unspecified atom stereocenters. The monoisotopic (exact) mass is 563 g/mol. The zero-order valence-electron chi connectivity index (χ0n) is 29.3. The van der Waals surface area contributed by atoms with Gasteiger partial charge in [0, 0.05) is 29.1 Å². The van der Waals surface area contributed by atoms with Crippen LogP contribution in [0.5, 0.6) is 0 Å². The lowest BCUT2D eigenvalue weighted by Crippen LogP contribution is -2.21. The van der Waals surface area contributed by atoms with Crippen LogP contribution in [0.4, 0.5) is 0 Å². The van der Waals surface area contributed by atoms with Crippen LogP contribution in [0.25, 0.3) is 22.0 Å². The molecular formula is C38H61NO2. The van der Waals surface area contributed by atoms with Crippen molar-refractivity contribution in [1.82, 2.24) is 4.57 Å². The molecule has 1 aromatic heterocycles. The average molecular weight is 564 g/mol. The van der Waals surface area contributed by atoms with E-state index in [0.29, 0.717) is 16.7 Å². The predicted octanol–water partition coefficient (Wildman–Crippen LogP) is 11.9. The quantitative estimate of drug-likeness (QED) is 0.232. The van der Waals surface area contributed by atoms with Crippen molar-refractivity contribution < 1.29 is 4.79 Å². The van der Waals surface area contributed by atoms with Crippen LogP contribution in [0.3, 0.4) is 0 Å². The second-order valence-electron chi connectivity index (χ2n) is 6.66. The number of pyridine rings is 1. The molecule has 3 heteroatoms. The molecule has 0 aliphatic rings. The first-order valence-electron chi connectivity index (χ1n) is 15.9. The highest BCUT2D eigenvalue weighted by Crippen LogP contribution is 2.31. The first-order valence-corrected chi connectivity index (χ1v) is 15.9. The third-order valence-electron chi connectivity index (χ3n) is 4.99. The molecule has 0 saturated carbocycles. The Bertz CT molecular complexity index is 1210. The summed E-state index contributed by atoms with van der Waals surface area (Å²) in [6.07, 6.45) is 0. The van der Waals surface area contributed by atoms with Gasteiger partial charge in [-0.25, -0.2) is 0 Å². The lowest BCUT2D eigenvalue weighted by atomic mass is 9.94. The third kappa shape index (κ3) is 13.2. The van der Waals surface area contributed by atoms with Crippen molar-refractivity contribution in [3.8, 4) is 11.1 Å².